The lowest BCUT2D eigenvalue weighted by atomic mass is 9.90. The molecule has 1 heterocycles. The lowest BCUT2D eigenvalue weighted by molar-refractivity contribution is 0.0146. The summed E-state index contributed by atoms with van der Waals surface area (Å²) in [5.74, 6) is 0.860. The highest BCUT2D eigenvalue weighted by molar-refractivity contribution is 7.41. The first-order valence-corrected chi connectivity index (χ1v) is 10.3. The van der Waals surface area contributed by atoms with Crippen molar-refractivity contribution >= 4 is 8.60 Å². The summed E-state index contributed by atoms with van der Waals surface area (Å²) in [5.41, 5.74) is 0.178. The van der Waals surface area contributed by atoms with Crippen LogP contribution in [0, 0.1) is 11.3 Å². The van der Waals surface area contributed by atoms with Crippen LogP contribution < -0.4 is 0 Å². The molecular weight excluding hydrogens is 295 g/mol. The molecule has 0 N–H and O–H groups in total. The van der Waals surface area contributed by atoms with Gasteiger partial charge in [-0.05, 0) is 18.8 Å². The maximum Gasteiger partial charge on any atom is 0.332 e. The fraction of sp³-hybridized carbons (Fsp3) is 1.00. The van der Waals surface area contributed by atoms with Gasteiger partial charge < -0.3 is 13.6 Å². The van der Waals surface area contributed by atoms with Crippen LogP contribution >= 0.6 is 8.60 Å². The Labute approximate surface area is 139 Å². The summed E-state index contributed by atoms with van der Waals surface area (Å²) in [6.07, 6.45) is 11.8. The molecule has 0 amide bonds. The Morgan fingerprint density at radius 2 is 1.50 bits per heavy atom. The van der Waals surface area contributed by atoms with Gasteiger partial charge in [-0.25, -0.2) is 0 Å². The van der Waals surface area contributed by atoms with E-state index in [1.807, 2.05) is 0 Å². The van der Waals surface area contributed by atoms with E-state index in [0.29, 0.717) is 0 Å². The molecule has 0 aromatic rings. The topological polar surface area (TPSA) is 27.7 Å². The Hall–Kier alpha value is 0.310. The molecule has 0 aromatic carbocycles. The average Bonchev–Trinajstić information content (AvgIpc) is 2.51. The second-order valence-electron chi connectivity index (χ2n) is 7.43. The molecule has 22 heavy (non-hydrogen) atoms. The summed E-state index contributed by atoms with van der Waals surface area (Å²) in [5, 5.41) is 0. The largest absolute Gasteiger partial charge is 0.332 e. The van der Waals surface area contributed by atoms with Crippen molar-refractivity contribution in [3.05, 3.63) is 0 Å². The number of unbranched alkanes of at least 4 members (excludes halogenated alkanes) is 6. The van der Waals surface area contributed by atoms with Gasteiger partial charge in [0.1, 0.15) is 0 Å². The van der Waals surface area contributed by atoms with Crippen LogP contribution in [0.3, 0.4) is 0 Å². The number of hydrogen-bond donors (Lipinski definition) is 0. The van der Waals surface area contributed by atoms with Crippen molar-refractivity contribution in [2.24, 2.45) is 11.3 Å². The van der Waals surface area contributed by atoms with E-state index in [1.54, 1.807) is 0 Å². The van der Waals surface area contributed by atoms with Crippen molar-refractivity contribution in [3.63, 3.8) is 0 Å². The maximum atomic E-state index is 5.71. The summed E-state index contributed by atoms with van der Waals surface area (Å²) in [7, 11) is -1.07. The Morgan fingerprint density at radius 3 is 2.05 bits per heavy atom. The standard InChI is InChI=1S/C18H37O3P/c1-5-18(4)15-20-22(21-16-18)19-14-12-10-8-6-7-9-11-13-17(2)3/h17H,5-16H2,1-4H3. The van der Waals surface area contributed by atoms with Crippen LogP contribution in [0.1, 0.15) is 85.5 Å². The lowest BCUT2D eigenvalue weighted by Crippen LogP contribution is -2.31. The first-order chi connectivity index (χ1) is 10.6. The quantitative estimate of drug-likeness (QED) is 0.303. The third kappa shape index (κ3) is 9.45. The number of hydrogen-bond acceptors (Lipinski definition) is 3. The Kier molecular flexibility index (Phi) is 10.9. The zero-order valence-electron chi connectivity index (χ0n) is 15.2. The molecule has 3 nitrogen and oxygen atoms in total. The summed E-state index contributed by atoms with van der Waals surface area (Å²) in [6.45, 7) is 11.3. The van der Waals surface area contributed by atoms with Gasteiger partial charge in [-0.15, -0.1) is 0 Å². The molecule has 0 spiro atoms. The molecule has 1 aliphatic rings. The SMILES string of the molecule is CCC1(C)COP(OCCCCCCCCCC(C)C)OC1. The predicted octanol–water partition coefficient (Wildman–Crippen LogP) is 6.47. The third-order valence-corrected chi connectivity index (χ3v) is 5.59. The summed E-state index contributed by atoms with van der Waals surface area (Å²) in [4.78, 5) is 0. The van der Waals surface area contributed by atoms with Gasteiger partial charge in [0.2, 0.25) is 0 Å². The first kappa shape index (κ1) is 20.4. The van der Waals surface area contributed by atoms with Crippen LogP contribution in [0.2, 0.25) is 0 Å². The van der Waals surface area contributed by atoms with Gasteiger partial charge in [0.15, 0.2) is 0 Å². The van der Waals surface area contributed by atoms with Crippen LogP contribution in [0.4, 0.5) is 0 Å². The maximum absolute atomic E-state index is 5.71. The minimum Gasteiger partial charge on any atom is -0.312 e. The van der Waals surface area contributed by atoms with E-state index in [0.717, 1.165) is 38.6 Å². The van der Waals surface area contributed by atoms with Gasteiger partial charge in [-0.3, -0.25) is 0 Å². The highest BCUT2D eigenvalue weighted by atomic mass is 31.2. The first-order valence-electron chi connectivity index (χ1n) is 9.24. The Balaban J connectivity index is 1.84. The molecule has 0 aliphatic carbocycles. The predicted molar refractivity (Wildman–Crippen MR) is 94.9 cm³/mol. The van der Waals surface area contributed by atoms with Crippen molar-refractivity contribution in [1.82, 2.24) is 0 Å². The van der Waals surface area contributed by atoms with Crippen LogP contribution in [0.25, 0.3) is 0 Å². The van der Waals surface area contributed by atoms with Gasteiger partial charge in [0.05, 0.1) is 19.8 Å². The van der Waals surface area contributed by atoms with Gasteiger partial charge in [0.25, 0.3) is 0 Å². The monoisotopic (exact) mass is 332 g/mol. The minimum atomic E-state index is -1.07. The smallest absolute Gasteiger partial charge is 0.312 e. The van der Waals surface area contributed by atoms with Crippen LogP contribution in [-0.2, 0) is 13.6 Å². The molecule has 4 heteroatoms. The molecule has 1 saturated heterocycles. The summed E-state index contributed by atoms with van der Waals surface area (Å²) in [6, 6.07) is 0. The normalized spacial score (nSPS) is 25.8. The van der Waals surface area contributed by atoms with E-state index in [2.05, 4.69) is 27.7 Å². The van der Waals surface area contributed by atoms with Crippen molar-refractivity contribution in [2.75, 3.05) is 19.8 Å². The fourth-order valence-corrected chi connectivity index (χ4v) is 3.79. The molecule has 0 atom stereocenters. The molecule has 0 saturated carbocycles. The average molecular weight is 332 g/mol. The number of rotatable bonds is 12. The van der Waals surface area contributed by atoms with E-state index in [4.69, 9.17) is 13.6 Å². The molecule has 0 unspecified atom stereocenters. The minimum absolute atomic E-state index is 0.178. The van der Waals surface area contributed by atoms with Gasteiger partial charge in [-0.2, -0.15) is 0 Å². The van der Waals surface area contributed by atoms with E-state index < -0.39 is 8.60 Å². The van der Waals surface area contributed by atoms with Crippen molar-refractivity contribution in [2.45, 2.75) is 85.5 Å². The second kappa shape index (κ2) is 11.8. The Morgan fingerprint density at radius 1 is 0.955 bits per heavy atom. The highest BCUT2D eigenvalue weighted by Crippen LogP contribution is 2.47. The summed E-state index contributed by atoms with van der Waals surface area (Å²) < 4.78 is 17.1. The second-order valence-corrected chi connectivity index (χ2v) is 8.65. The zero-order valence-corrected chi connectivity index (χ0v) is 16.1. The van der Waals surface area contributed by atoms with E-state index in [9.17, 15) is 0 Å². The molecule has 0 aromatic heterocycles. The van der Waals surface area contributed by atoms with Crippen LogP contribution in [0.15, 0.2) is 0 Å². The van der Waals surface area contributed by atoms with Crippen LogP contribution in [0.5, 0.6) is 0 Å². The van der Waals surface area contributed by atoms with E-state index >= 15 is 0 Å². The molecule has 0 bridgehead atoms. The van der Waals surface area contributed by atoms with Crippen molar-refractivity contribution in [1.29, 1.82) is 0 Å². The molecule has 1 aliphatic heterocycles. The van der Waals surface area contributed by atoms with Crippen molar-refractivity contribution < 1.29 is 13.6 Å². The lowest BCUT2D eigenvalue weighted by Gasteiger charge is -2.34. The molecule has 0 radical (unpaired) electrons. The fourth-order valence-electron chi connectivity index (χ4n) is 2.45. The zero-order chi connectivity index (χ0) is 16.3. The summed E-state index contributed by atoms with van der Waals surface area (Å²) >= 11 is 0. The van der Waals surface area contributed by atoms with E-state index in [1.165, 1.54) is 44.9 Å². The third-order valence-electron chi connectivity index (χ3n) is 4.51. The van der Waals surface area contributed by atoms with Gasteiger partial charge >= 0.3 is 8.60 Å². The molecule has 1 rings (SSSR count). The van der Waals surface area contributed by atoms with Crippen LogP contribution in [-0.4, -0.2) is 19.8 Å². The van der Waals surface area contributed by atoms with Gasteiger partial charge in [0, 0.05) is 5.41 Å². The molecule has 1 fully saturated rings. The van der Waals surface area contributed by atoms with Gasteiger partial charge in [-0.1, -0.05) is 72.6 Å². The Bertz CT molecular complexity index is 263. The highest BCUT2D eigenvalue weighted by Gasteiger charge is 2.32. The molecule has 132 valence electrons. The van der Waals surface area contributed by atoms with Crippen molar-refractivity contribution in [3.8, 4) is 0 Å². The molecular formula is C18H37O3P. The van der Waals surface area contributed by atoms with E-state index in [-0.39, 0.29) is 5.41 Å².